The van der Waals surface area contributed by atoms with Crippen LogP contribution >= 0.6 is 0 Å². The van der Waals surface area contributed by atoms with Gasteiger partial charge < -0.3 is 10.2 Å². The largest absolute Gasteiger partial charge is 0.481 e. The minimum absolute atomic E-state index is 0.0226. The highest BCUT2D eigenvalue weighted by Gasteiger charge is 2.25. The number of aliphatic carboxylic acids is 1. The second-order valence-electron chi connectivity index (χ2n) is 4.69. The lowest BCUT2D eigenvalue weighted by atomic mass is 9.79. The van der Waals surface area contributed by atoms with E-state index in [9.17, 15) is 4.79 Å². The van der Waals surface area contributed by atoms with Gasteiger partial charge in [0.25, 0.3) is 0 Å². The first-order chi connectivity index (χ1) is 7.18. The van der Waals surface area contributed by atoms with Crippen LogP contribution in [-0.4, -0.2) is 22.3 Å². The third kappa shape index (κ3) is 5.78. The van der Waals surface area contributed by atoms with Crippen molar-refractivity contribution in [1.29, 1.82) is 0 Å². The van der Waals surface area contributed by atoms with E-state index in [1.807, 2.05) is 0 Å². The maximum absolute atomic E-state index is 10.2. The summed E-state index contributed by atoms with van der Waals surface area (Å²) in [5.74, 6) is 0.0810. The van der Waals surface area contributed by atoms with Crippen molar-refractivity contribution < 1.29 is 15.0 Å². The van der Waals surface area contributed by atoms with Crippen LogP contribution in [0.4, 0.5) is 0 Å². The Balaban J connectivity index is 1.75. The van der Waals surface area contributed by atoms with Gasteiger partial charge in [-0.1, -0.05) is 32.1 Å². The van der Waals surface area contributed by atoms with Gasteiger partial charge in [-0.2, -0.15) is 0 Å². The van der Waals surface area contributed by atoms with Crippen LogP contribution in [0.1, 0.15) is 57.8 Å². The van der Waals surface area contributed by atoms with E-state index in [0.29, 0.717) is 6.42 Å². The molecule has 0 bridgehead atoms. The fraction of sp³-hybridized carbons (Fsp3) is 0.917. The van der Waals surface area contributed by atoms with Crippen molar-refractivity contribution in [3.63, 3.8) is 0 Å². The summed E-state index contributed by atoms with van der Waals surface area (Å²) in [6.45, 7) is 0. The molecule has 0 amide bonds. The molecule has 1 saturated carbocycles. The van der Waals surface area contributed by atoms with Gasteiger partial charge in [-0.05, 0) is 25.2 Å². The quantitative estimate of drug-likeness (QED) is 0.610. The molecule has 0 unspecified atom stereocenters. The molecular formula is C12H22O3. The zero-order chi connectivity index (χ0) is 11.1. The standard InChI is InChI=1S/C12H22O3/c13-11-8-10(9-11)6-4-2-1-3-5-7-12(14)15/h10-11,13H,1-9H2,(H,14,15). The number of hydrogen-bond donors (Lipinski definition) is 2. The first kappa shape index (κ1) is 12.5. The van der Waals surface area contributed by atoms with Crippen LogP contribution in [-0.2, 0) is 4.79 Å². The minimum Gasteiger partial charge on any atom is -0.481 e. The molecule has 0 radical (unpaired) electrons. The summed E-state index contributed by atoms with van der Waals surface area (Å²) in [4.78, 5) is 10.2. The topological polar surface area (TPSA) is 57.5 Å². The molecule has 1 rings (SSSR count). The van der Waals surface area contributed by atoms with Gasteiger partial charge >= 0.3 is 5.97 Å². The Morgan fingerprint density at radius 3 is 2.27 bits per heavy atom. The van der Waals surface area contributed by atoms with Crippen LogP contribution in [0.3, 0.4) is 0 Å². The molecule has 0 spiro atoms. The molecule has 0 atom stereocenters. The van der Waals surface area contributed by atoms with Gasteiger partial charge in [0.2, 0.25) is 0 Å². The van der Waals surface area contributed by atoms with Crippen LogP contribution in [0.15, 0.2) is 0 Å². The molecule has 0 aromatic carbocycles. The van der Waals surface area contributed by atoms with E-state index in [4.69, 9.17) is 10.2 Å². The molecule has 88 valence electrons. The fourth-order valence-electron chi connectivity index (χ4n) is 2.18. The summed E-state index contributed by atoms with van der Waals surface area (Å²) in [6.07, 6.45) is 9.00. The van der Waals surface area contributed by atoms with Crippen LogP contribution < -0.4 is 0 Å². The van der Waals surface area contributed by atoms with Crippen molar-refractivity contribution in [1.82, 2.24) is 0 Å². The zero-order valence-electron chi connectivity index (χ0n) is 9.32. The Hall–Kier alpha value is -0.570. The maximum Gasteiger partial charge on any atom is 0.303 e. The number of hydrogen-bond acceptors (Lipinski definition) is 2. The Bertz CT molecular complexity index is 185. The molecule has 0 heterocycles. The number of rotatable bonds is 8. The van der Waals surface area contributed by atoms with Crippen molar-refractivity contribution in [2.24, 2.45) is 5.92 Å². The number of carbonyl (C=O) groups is 1. The average molecular weight is 214 g/mol. The highest BCUT2D eigenvalue weighted by Crippen LogP contribution is 2.31. The molecule has 1 aliphatic rings. The zero-order valence-corrected chi connectivity index (χ0v) is 9.32. The Morgan fingerprint density at radius 1 is 1.07 bits per heavy atom. The second-order valence-corrected chi connectivity index (χ2v) is 4.69. The van der Waals surface area contributed by atoms with Gasteiger partial charge in [0.05, 0.1) is 6.10 Å². The van der Waals surface area contributed by atoms with Crippen LogP contribution in [0, 0.1) is 5.92 Å². The summed E-state index contributed by atoms with van der Waals surface area (Å²) in [6, 6.07) is 0. The van der Waals surface area contributed by atoms with Gasteiger partial charge in [0.15, 0.2) is 0 Å². The van der Waals surface area contributed by atoms with Crippen molar-refractivity contribution in [3.8, 4) is 0 Å². The fourth-order valence-corrected chi connectivity index (χ4v) is 2.18. The Morgan fingerprint density at radius 2 is 1.67 bits per heavy atom. The third-order valence-electron chi connectivity index (χ3n) is 3.21. The molecule has 0 saturated heterocycles. The van der Waals surface area contributed by atoms with E-state index in [-0.39, 0.29) is 6.10 Å². The number of aliphatic hydroxyl groups is 1. The van der Waals surface area contributed by atoms with Crippen LogP contribution in [0.2, 0.25) is 0 Å². The highest BCUT2D eigenvalue weighted by atomic mass is 16.4. The molecule has 0 aromatic heterocycles. The maximum atomic E-state index is 10.2. The van der Waals surface area contributed by atoms with E-state index in [0.717, 1.165) is 38.0 Å². The molecule has 3 heteroatoms. The average Bonchev–Trinajstić information content (AvgIpc) is 2.12. The number of unbranched alkanes of at least 4 members (excludes halogenated alkanes) is 4. The van der Waals surface area contributed by atoms with E-state index in [2.05, 4.69) is 0 Å². The third-order valence-corrected chi connectivity index (χ3v) is 3.21. The molecule has 0 aromatic rings. The summed E-state index contributed by atoms with van der Waals surface area (Å²) in [5.41, 5.74) is 0. The Kier molecular flexibility index (Phi) is 5.69. The molecule has 2 N–H and O–H groups in total. The van der Waals surface area contributed by atoms with E-state index in [1.165, 1.54) is 19.3 Å². The Labute approximate surface area is 91.5 Å². The molecule has 1 aliphatic carbocycles. The van der Waals surface area contributed by atoms with Crippen molar-refractivity contribution in [3.05, 3.63) is 0 Å². The normalized spacial score (nSPS) is 24.9. The van der Waals surface area contributed by atoms with Gasteiger partial charge in [0, 0.05) is 6.42 Å². The lowest BCUT2D eigenvalue weighted by molar-refractivity contribution is -0.137. The van der Waals surface area contributed by atoms with Gasteiger partial charge in [-0.15, -0.1) is 0 Å². The first-order valence-electron chi connectivity index (χ1n) is 6.08. The van der Waals surface area contributed by atoms with Crippen LogP contribution in [0.5, 0.6) is 0 Å². The summed E-state index contributed by atoms with van der Waals surface area (Å²) < 4.78 is 0. The van der Waals surface area contributed by atoms with E-state index >= 15 is 0 Å². The number of carboxylic acid groups (broad SMARTS) is 1. The molecule has 1 fully saturated rings. The second kappa shape index (κ2) is 6.83. The lowest BCUT2D eigenvalue weighted by Gasteiger charge is -2.31. The predicted octanol–water partition coefficient (Wildman–Crippen LogP) is 2.57. The van der Waals surface area contributed by atoms with E-state index < -0.39 is 5.97 Å². The van der Waals surface area contributed by atoms with E-state index in [1.54, 1.807) is 0 Å². The summed E-state index contributed by atoms with van der Waals surface area (Å²) in [5, 5.41) is 17.5. The molecular weight excluding hydrogens is 192 g/mol. The smallest absolute Gasteiger partial charge is 0.303 e. The van der Waals surface area contributed by atoms with Gasteiger partial charge in [-0.25, -0.2) is 0 Å². The summed E-state index contributed by atoms with van der Waals surface area (Å²) in [7, 11) is 0. The van der Waals surface area contributed by atoms with Crippen LogP contribution in [0.25, 0.3) is 0 Å². The number of carboxylic acids is 1. The monoisotopic (exact) mass is 214 g/mol. The minimum atomic E-state index is -0.682. The number of aliphatic hydroxyl groups excluding tert-OH is 1. The van der Waals surface area contributed by atoms with Crippen molar-refractivity contribution >= 4 is 5.97 Å². The van der Waals surface area contributed by atoms with Gasteiger partial charge in [-0.3, -0.25) is 4.79 Å². The highest BCUT2D eigenvalue weighted by molar-refractivity contribution is 5.66. The first-order valence-corrected chi connectivity index (χ1v) is 6.08. The predicted molar refractivity (Wildman–Crippen MR) is 58.7 cm³/mol. The SMILES string of the molecule is O=C(O)CCCCCCCC1CC(O)C1. The lowest BCUT2D eigenvalue weighted by Crippen LogP contribution is -2.27. The summed E-state index contributed by atoms with van der Waals surface area (Å²) >= 11 is 0. The molecule has 0 aliphatic heterocycles. The molecule has 15 heavy (non-hydrogen) atoms. The molecule has 3 nitrogen and oxygen atoms in total. The van der Waals surface area contributed by atoms with Crippen molar-refractivity contribution in [2.75, 3.05) is 0 Å². The van der Waals surface area contributed by atoms with Crippen molar-refractivity contribution in [2.45, 2.75) is 63.9 Å². The van der Waals surface area contributed by atoms with Gasteiger partial charge in [0.1, 0.15) is 0 Å².